The first-order valence-electron chi connectivity index (χ1n) is 8.76. The highest BCUT2D eigenvalue weighted by atomic mass is 35.5. The summed E-state index contributed by atoms with van der Waals surface area (Å²) in [7, 11) is 0. The molecule has 7 nitrogen and oxygen atoms in total. The number of halogens is 1. The van der Waals surface area contributed by atoms with E-state index in [-0.39, 0.29) is 23.9 Å². The quantitative estimate of drug-likeness (QED) is 0.630. The number of carbonyl (C=O) groups excluding carboxylic acids is 2. The Labute approximate surface area is 159 Å². The van der Waals surface area contributed by atoms with E-state index in [0.29, 0.717) is 24.3 Å². The molecule has 0 aromatic carbocycles. The van der Waals surface area contributed by atoms with Gasteiger partial charge in [-0.1, -0.05) is 11.6 Å². The number of pyridine rings is 1. The molecule has 1 amide bonds. The average Bonchev–Trinajstić information content (AvgIpc) is 2.54. The van der Waals surface area contributed by atoms with Crippen molar-refractivity contribution in [3.8, 4) is 0 Å². The number of nitrogens with one attached hydrogen (secondary N) is 1. The second-order valence-electron chi connectivity index (χ2n) is 7.18. The Balaban J connectivity index is 2.09. The Morgan fingerprint density at radius 1 is 1.42 bits per heavy atom. The normalized spacial score (nSPS) is 17.6. The van der Waals surface area contributed by atoms with Crippen LogP contribution in [0.5, 0.6) is 0 Å². The zero-order chi connectivity index (χ0) is 19.3. The Hall–Kier alpha value is -2.02. The van der Waals surface area contributed by atoms with Gasteiger partial charge in [0.2, 0.25) is 0 Å². The zero-order valence-corrected chi connectivity index (χ0v) is 16.4. The van der Waals surface area contributed by atoms with Gasteiger partial charge in [0.15, 0.2) is 0 Å². The molecule has 0 radical (unpaired) electrons. The predicted molar refractivity (Wildman–Crippen MR) is 99.7 cm³/mol. The molecule has 0 spiro atoms. The first kappa shape index (κ1) is 20.3. The van der Waals surface area contributed by atoms with Crippen molar-refractivity contribution in [3.05, 3.63) is 23.0 Å². The molecule has 0 aliphatic carbocycles. The van der Waals surface area contributed by atoms with Crippen molar-refractivity contribution in [1.29, 1.82) is 0 Å². The van der Waals surface area contributed by atoms with Gasteiger partial charge in [-0.3, -0.25) is 0 Å². The van der Waals surface area contributed by atoms with Crippen LogP contribution >= 0.6 is 11.6 Å². The topological polar surface area (TPSA) is 80.8 Å². The molecule has 1 N–H and O–H groups in total. The fraction of sp³-hybridized carbons (Fsp3) is 0.611. The number of nitrogens with zero attached hydrogens (tertiary/aromatic N) is 2. The highest BCUT2D eigenvalue weighted by Crippen LogP contribution is 2.24. The number of hydrogen-bond acceptors (Lipinski definition) is 6. The molecule has 1 aromatic heterocycles. The minimum atomic E-state index is -0.535. The van der Waals surface area contributed by atoms with Gasteiger partial charge in [0.05, 0.1) is 12.3 Å². The molecule has 1 saturated heterocycles. The van der Waals surface area contributed by atoms with Gasteiger partial charge in [0.1, 0.15) is 16.3 Å². The number of hydrogen-bond donors (Lipinski definition) is 1. The maximum atomic E-state index is 12.3. The van der Waals surface area contributed by atoms with Crippen LogP contribution in [0.3, 0.4) is 0 Å². The van der Waals surface area contributed by atoms with Crippen LogP contribution < -0.4 is 5.32 Å². The minimum absolute atomic E-state index is 0.0251. The van der Waals surface area contributed by atoms with E-state index < -0.39 is 11.6 Å². The summed E-state index contributed by atoms with van der Waals surface area (Å²) in [6.45, 7) is 8.68. The molecule has 1 aliphatic rings. The number of esters is 1. The first-order valence-corrected chi connectivity index (χ1v) is 9.14. The number of rotatable bonds is 4. The molecule has 144 valence electrons. The van der Waals surface area contributed by atoms with Crippen LogP contribution in [0, 0.1) is 0 Å². The average molecular weight is 384 g/mol. The van der Waals surface area contributed by atoms with Crippen LogP contribution in [0.25, 0.3) is 0 Å². The van der Waals surface area contributed by atoms with Gasteiger partial charge in [0, 0.05) is 25.3 Å². The van der Waals surface area contributed by atoms with Crippen molar-refractivity contribution in [2.75, 3.05) is 25.0 Å². The van der Waals surface area contributed by atoms with Gasteiger partial charge in [-0.25, -0.2) is 14.6 Å². The smallest absolute Gasteiger partial charge is 0.410 e. The van der Waals surface area contributed by atoms with E-state index in [1.165, 1.54) is 6.20 Å². The third-order valence-electron chi connectivity index (χ3n) is 3.80. The molecule has 1 fully saturated rings. The van der Waals surface area contributed by atoms with E-state index in [4.69, 9.17) is 21.1 Å². The summed E-state index contributed by atoms with van der Waals surface area (Å²) in [6, 6.07) is 1.57. The summed E-state index contributed by atoms with van der Waals surface area (Å²) in [4.78, 5) is 30.1. The monoisotopic (exact) mass is 383 g/mol. The lowest BCUT2D eigenvalue weighted by Crippen LogP contribution is -2.47. The summed E-state index contributed by atoms with van der Waals surface area (Å²) >= 11 is 5.98. The third-order valence-corrected chi connectivity index (χ3v) is 4.01. The molecule has 26 heavy (non-hydrogen) atoms. The van der Waals surface area contributed by atoms with E-state index in [9.17, 15) is 9.59 Å². The molecular weight excluding hydrogens is 358 g/mol. The molecule has 8 heteroatoms. The van der Waals surface area contributed by atoms with Crippen molar-refractivity contribution in [1.82, 2.24) is 9.88 Å². The van der Waals surface area contributed by atoms with Crippen molar-refractivity contribution >= 4 is 29.4 Å². The number of carbonyl (C=O) groups is 2. The number of aromatic nitrogens is 1. The fourth-order valence-corrected chi connectivity index (χ4v) is 2.89. The standard InChI is InChI=1S/C18H26ClN3O4/c1-5-25-16(23)13-10-20-15(19)9-14(13)21-12-7-6-8-22(11-12)17(24)26-18(2,3)4/h9-10,12H,5-8,11H2,1-4H3,(H,20,21)/t12-/m0/s1. The summed E-state index contributed by atoms with van der Waals surface area (Å²) in [6.07, 6.45) is 2.77. The number of amides is 1. The van der Waals surface area contributed by atoms with Crippen molar-refractivity contribution in [3.63, 3.8) is 0 Å². The van der Waals surface area contributed by atoms with Crippen molar-refractivity contribution in [2.24, 2.45) is 0 Å². The molecular formula is C18H26ClN3O4. The van der Waals surface area contributed by atoms with Crippen LogP contribution in [-0.4, -0.2) is 53.3 Å². The molecule has 2 rings (SSSR count). The molecule has 1 aromatic rings. The van der Waals surface area contributed by atoms with Gasteiger partial charge in [-0.15, -0.1) is 0 Å². The van der Waals surface area contributed by atoms with E-state index in [1.807, 2.05) is 20.8 Å². The van der Waals surface area contributed by atoms with Crippen LogP contribution in [0.4, 0.5) is 10.5 Å². The minimum Gasteiger partial charge on any atom is -0.462 e. The number of piperidine rings is 1. The predicted octanol–water partition coefficient (Wildman–Crippen LogP) is 3.72. The molecule has 0 bridgehead atoms. The SMILES string of the molecule is CCOC(=O)c1cnc(Cl)cc1N[C@H]1CCCN(C(=O)OC(C)(C)C)C1. The van der Waals surface area contributed by atoms with Gasteiger partial charge in [0.25, 0.3) is 0 Å². The lowest BCUT2D eigenvalue weighted by Gasteiger charge is -2.35. The Bertz CT molecular complexity index is 660. The molecule has 1 atom stereocenters. The van der Waals surface area contributed by atoms with Gasteiger partial charge >= 0.3 is 12.1 Å². The van der Waals surface area contributed by atoms with E-state index >= 15 is 0 Å². The fourth-order valence-electron chi connectivity index (χ4n) is 2.73. The van der Waals surface area contributed by atoms with E-state index in [0.717, 1.165) is 12.8 Å². The Kier molecular flexibility index (Phi) is 6.69. The van der Waals surface area contributed by atoms with Crippen LogP contribution in [0.2, 0.25) is 5.15 Å². The molecule has 2 heterocycles. The summed E-state index contributed by atoms with van der Waals surface area (Å²) < 4.78 is 10.5. The van der Waals surface area contributed by atoms with Crippen LogP contribution in [-0.2, 0) is 9.47 Å². The molecule has 0 saturated carbocycles. The summed E-state index contributed by atoms with van der Waals surface area (Å²) in [5, 5.41) is 3.58. The Morgan fingerprint density at radius 2 is 2.15 bits per heavy atom. The van der Waals surface area contributed by atoms with Gasteiger partial charge in [-0.2, -0.15) is 0 Å². The zero-order valence-electron chi connectivity index (χ0n) is 15.7. The lowest BCUT2D eigenvalue weighted by atomic mass is 10.1. The maximum Gasteiger partial charge on any atom is 0.410 e. The Morgan fingerprint density at radius 3 is 2.81 bits per heavy atom. The number of anilines is 1. The number of likely N-dealkylation sites (tertiary alicyclic amines) is 1. The summed E-state index contributed by atoms with van der Waals surface area (Å²) in [5.41, 5.74) is 0.345. The van der Waals surface area contributed by atoms with Crippen LogP contribution in [0.1, 0.15) is 50.9 Å². The van der Waals surface area contributed by atoms with Gasteiger partial charge in [-0.05, 0) is 46.6 Å². The first-order chi connectivity index (χ1) is 12.2. The van der Waals surface area contributed by atoms with Gasteiger partial charge < -0.3 is 19.7 Å². The second kappa shape index (κ2) is 8.58. The maximum absolute atomic E-state index is 12.3. The van der Waals surface area contributed by atoms with Crippen molar-refractivity contribution < 1.29 is 19.1 Å². The van der Waals surface area contributed by atoms with E-state index in [2.05, 4.69) is 10.3 Å². The largest absolute Gasteiger partial charge is 0.462 e. The highest BCUT2D eigenvalue weighted by molar-refractivity contribution is 6.29. The second-order valence-corrected chi connectivity index (χ2v) is 7.57. The van der Waals surface area contributed by atoms with Crippen LogP contribution in [0.15, 0.2) is 12.3 Å². The number of ether oxygens (including phenoxy) is 2. The van der Waals surface area contributed by atoms with Crippen molar-refractivity contribution in [2.45, 2.75) is 52.2 Å². The molecule has 0 unspecified atom stereocenters. The third kappa shape index (κ3) is 5.76. The summed E-state index contributed by atoms with van der Waals surface area (Å²) in [5.74, 6) is -0.459. The lowest BCUT2D eigenvalue weighted by molar-refractivity contribution is 0.0205. The highest BCUT2D eigenvalue weighted by Gasteiger charge is 2.28. The van der Waals surface area contributed by atoms with E-state index in [1.54, 1.807) is 17.9 Å². The molecule has 1 aliphatic heterocycles.